The number of nitrogens with two attached hydrogens (primary N) is 1. The lowest BCUT2D eigenvalue weighted by atomic mass is 10.0. The molecule has 3 rings (SSSR count). The van der Waals surface area contributed by atoms with Crippen molar-refractivity contribution in [3.63, 3.8) is 0 Å². The Balaban J connectivity index is 2.09. The lowest BCUT2D eigenvalue weighted by molar-refractivity contribution is 0.799. The number of rotatable bonds is 2. The van der Waals surface area contributed by atoms with Gasteiger partial charge in [0.15, 0.2) is 10.8 Å². The second-order valence-electron chi connectivity index (χ2n) is 5.04. The fourth-order valence-corrected chi connectivity index (χ4v) is 2.48. The van der Waals surface area contributed by atoms with Crippen LogP contribution in [-0.2, 0) is 6.54 Å². The van der Waals surface area contributed by atoms with Crippen molar-refractivity contribution in [2.24, 2.45) is 0 Å². The Morgan fingerprint density at radius 1 is 1.14 bits per heavy atom. The van der Waals surface area contributed by atoms with Crippen molar-refractivity contribution >= 4 is 28.7 Å². The zero-order valence-corrected chi connectivity index (χ0v) is 12.8. The smallest absolute Gasteiger partial charge is 0.223 e. The van der Waals surface area contributed by atoms with Crippen molar-refractivity contribution in [2.45, 2.75) is 27.3 Å². The molecule has 0 radical (unpaired) electrons. The molecule has 7 heteroatoms. The van der Waals surface area contributed by atoms with Crippen LogP contribution in [0.5, 0.6) is 0 Å². The number of imidazole rings is 1. The number of nitrogens with zero attached hydrogens (tertiary/aromatic N) is 5. The van der Waals surface area contributed by atoms with Gasteiger partial charge >= 0.3 is 0 Å². The van der Waals surface area contributed by atoms with Gasteiger partial charge < -0.3 is 10.3 Å². The van der Waals surface area contributed by atoms with Crippen LogP contribution in [0.3, 0.4) is 0 Å². The lowest BCUT2D eigenvalue weighted by Gasteiger charge is -2.11. The van der Waals surface area contributed by atoms with Gasteiger partial charge in [0, 0.05) is 11.9 Å². The number of aryl methyl sites for hydroxylation is 1. The number of hydrogen-bond acceptors (Lipinski definition) is 5. The minimum absolute atomic E-state index is 0.143. The Morgan fingerprint density at radius 3 is 2.67 bits per heavy atom. The second kappa shape index (κ2) is 4.96. The maximum atomic E-state index is 6.04. The van der Waals surface area contributed by atoms with Gasteiger partial charge in [0.25, 0.3) is 0 Å². The first-order chi connectivity index (χ1) is 9.97. The quantitative estimate of drug-likeness (QED) is 0.735. The van der Waals surface area contributed by atoms with Crippen LogP contribution in [0.2, 0.25) is 5.15 Å². The van der Waals surface area contributed by atoms with Crippen LogP contribution in [0.4, 0.5) is 5.95 Å². The molecule has 6 nitrogen and oxygen atoms in total. The SMILES string of the molecule is Cc1ncc(Cn2cnc3c(Cl)nc(N)nc32)c(C)c1C. The normalized spacial score (nSPS) is 11.2. The summed E-state index contributed by atoms with van der Waals surface area (Å²) >= 11 is 6.04. The van der Waals surface area contributed by atoms with Crippen LogP contribution in [0.1, 0.15) is 22.4 Å². The van der Waals surface area contributed by atoms with Crippen molar-refractivity contribution in [1.29, 1.82) is 0 Å². The molecule has 0 aliphatic heterocycles. The van der Waals surface area contributed by atoms with Crippen molar-refractivity contribution in [1.82, 2.24) is 24.5 Å². The van der Waals surface area contributed by atoms with E-state index in [4.69, 9.17) is 17.3 Å². The molecule has 0 aliphatic carbocycles. The third kappa shape index (κ3) is 2.31. The predicted octanol–water partition coefficient (Wildman–Crippen LogP) is 2.43. The van der Waals surface area contributed by atoms with Gasteiger partial charge in [-0.15, -0.1) is 0 Å². The Labute approximate surface area is 127 Å². The Kier molecular flexibility index (Phi) is 3.25. The van der Waals surface area contributed by atoms with Gasteiger partial charge in [0.1, 0.15) is 5.52 Å². The number of nitrogen functional groups attached to an aromatic ring is 1. The molecule has 0 atom stereocenters. The van der Waals surface area contributed by atoms with Gasteiger partial charge in [0.05, 0.1) is 12.9 Å². The first kappa shape index (κ1) is 13.8. The van der Waals surface area contributed by atoms with E-state index in [1.54, 1.807) is 6.33 Å². The summed E-state index contributed by atoms with van der Waals surface area (Å²) in [7, 11) is 0. The predicted molar refractivity (Wildman–Crippen MR) is 82.3 cm³/mol. The van der Waals surface area contributed by atoms with E-state index in [0.29, 0.717) is 17.7 Å². The molecule has 0 fully saturated rings. The molecule has 3 aromatic heterocycles. The molecule has 0 spiro atoms. The standard InChI is InChI=1S/C14H15ClN6/c1-7-8(2)10(4-17-9(7)3)5-21-6-18-11-12(15)19-14(16)20-13(11)21/h4,6H,5H2,1-3H3,(H2,16,19,20). The summed E-state index contributed by atoms with van der Waals surface area (Å²) in [5.74, 6) is 0.143. The molecule has 0 amide bonds. The highest BCUT2D eigenvalue weighted by molar-refractivity contribution is 6.33. The van der Waals surface area contributed by atoms with Gasteiger partial charge in [0.2, 0.25) is 5.95 Å². The van der Waals surface area contributed by atoms with Crippen LogP contribution < -0.4 is 5.73 Å². The minimum Gasteiger partial charge on any atom is -0.368 e. The number of fused-ring (bicyclic) bond motifs is 1. The van der Waals surface area contributed by atoms with Gasteiger partial charge in [-0.05, 0) is 37.5 Å². The molecule has 3 heterocycles. The molecular formula is C14H15ClN6. The van der Waals surface area contributed by atoms with E-state index in [2.05, 4.69) is 33.8 Å². The Hall–Kier alpha value is -2.21. The molecule has 0 bridgehead atoms. The molecule has 21 heavy (non-hydrogen) atoms. The summed E-state index contributed by atoms with van der Waals surface area (Å²) in [6.07, 6.45) is 3.58. The number of aromatic nitrogens is 5. The molecule has 0 aromatic carbocycles. The van der Waals surface area contributed by atoms with E-state index >= 15 is 0 Å². The average Bonchev–Trinajstić information content (AvgIpc) is 2.83. The monoisotopic (exact) mass is 302 g/mol. The fraction of sp³-hybridized carbons (Fsp3) is 0.286. The summed E-state index contributed by atoms with van der Waals surface area (Å²) < 4.78 is 1.90. The van der Waals surface area contributed by atoms with E-state index in [0.717, 1.165) is 11.3 Å². The molecule has 0 saturated carbocycles. The summed E-state index contributed by atoms with van der Waals surface area (Å²) in [6.45, 7) is 6.79. The van der Waals surface area contributed by atoms with Crippen molar-refractivity contribution in [3.8, 4) is 0 Å². The lowest BCUT2D eigenvalue weighted by Crippen LogP contribution is -2.05. The highest BCUT2D eigenvalue weighted by Crippen LogP contribution is 2.22. The van der Waals surface area contributed by atoms with E-state index in [1.807, 2.05) is 17.7 Å². The molecule has 2 N–H and O–H groups in total. The summed E-state index contributed by atoms with van der Waals surface area (Å²) in [6, 6.07) is 0. The van der Waals surface area contributed by atoms with Crippen molar-refractivity contribution in [3.05, 3.63) is 40.1 Å². The maximum absolute atomic E-state index is 6.04. The molecule has 3 aromatic rings. The first-order valence-electron chi connectivity index (χ1n) is 6.53. The van der Waals surface area contributed by atoms with Crippen molar-refractivity contribution in [2.75, 3.05) is 5.73 Å². The van der Waals surface area contributed by atoms with E-state index < -0.39 is 0 Å². The van der Waals surface area contributed by atoms with Gasteiger partial charge in [-0.2, -0.15) is 9.97 Å². The highest BCUT2D eigenvalue weighted by atomic mass is 35.5. The second-order valence-corrected chi connectivity index (χ2v) is 5.39. The van der Waals surface area contributed by atoms with E-state index in [1.165, 1.54) is 11.1 Å². The molecule has 0 aliphatic rings. The number of pyridine rings is 1. The van der Waals surface area contributed by atoms with Crippen LogP contribution in [0, 0.1) is 20.8 Å². The third-order valence-corrected chi connectivity index (χ3v) is 4.04. The number of halogens is 1. The van der Waals surface area contributed by atoms with Crippen LogP contribution in [-0.4, -0.2) is 24.5 Å². The van der Waals surface area contributed by atoms with E-state index in [-0.39, 0.29) is 11.1 Å². The largest absolute Gasteiger partial charge is 0.368 e. The van der Waals surface area contributed by atoms with Crippen molar-refractivity contribution < 1.29 is 0 Å². The zero-order chi connectivity index (χ0) is 15.1. The summed E-state index contributed by atoms with van der Waals surface area (Å²) in [5.41, 5.74) is 11.4. The third-order valence-electron chi connectivity index (χ3n) is 3.78. The highest BCUT2D eigenvalue weighted by Gasteiger charge is 2.12. The maximum Gasteiger partial charge on any atom is 0.223 e. The number of hydrogen-bond donors (Lipinski definition) is 1. The summed E-state index contributed by atoms with van der Waals surface area (Å²) in [5, 5.41) is 0.270. The van der Waals surface area contributed by atoms with Gasteiger partial charge in [-0.1, -0.05) is 11.6 Å². The van der Waals surface area contributed by atoms with Crippen LogP contribution >= 0.6 is 11.6 Å². The topological polar surface area (TPSA) is 82.5 Å². The Morgan fingerprint density at radius 2 is 1.90 bits per heavy atom. The van der Waals surface area contributed by atoms with Gasteiger partial charge in [-0.25, -0.2) is 4.98 Å². The molecule has 108 valence electrons. The van der Waals surface area contributed by atoms with Gasteiger partial charge in [-0.3, -0.25) is 4.98 Å². The van der Waals surface area contributed by atoms with Crippen LogP contribution in [0.25, 0.3) is 11.2 Å². The average molecular weight is 303 g/mol. The molecular weight excluding hydrogens is 288 g/mol. The number of anilines is 1. The summed E-state index contributed by atoms with van der Waals surface area (Å²) in [4.78, 5) is 16.8. The molecule has 0 saturated heterocycles. The fourth-order valence-electron chi connectivity index (χ4n) is 2.26. The first-order valence-corrected chi connectivity index (χ1v) is 6.90. The van der Waals surface area contributed by atoms with Crippen LogP contribution in [0.15, 0.2) is 12.5 Å². The Bertz CT molecular complexity index is 839. The molecule has 0 unspecified atom stereocenters. The van der Waals surface area contributed by atoms with E-state index in [9.17, 15) is 0 Å². The zero-order valence-electron chi connectivity index (χ0n) is 12.1. The minimum atomic E-state index is 0.143.